The van der Waals surface area contributed by atoms with E-state index in [0.717, 1.165) is 24.9 Å². The van der Waals surface area contributed by atoms with Crippen LogP contribution in [0.25, 0.3) is 0 Å². The standard InChI is InChI=1S/C12H24N2S/c1-5-13-8-10(2)9-14-6-7-15-12(4)11(14)3/h11-13H,2,5-9H2,1,3-4H3. The van der Waals surface area contributed by atoms with Gasteiger partial charge in [0.05, 0.1) is 0 Å². The first-order valence-corrected chi connectivity index (χ1v) is 6.93. The van der Waals surface area contributed by atoms with Crippen molar-refractivity contribution in [2.24, 2.45) is 0 Å². The molecule has 2 nitrogen and oxygen atoms in total. The number of likely N-dealkylation sites (N-methyl/N-ethyl adjacent to an activating group) is 1. The van der Waals surface area contributed by atoms with Crippen LogP contribution in [0.3, 0.4) is 0 Å². The normalized spacial score (nSPS) is 27.9. The summed E-state index contributed by atoms with van der Waals surface area (Å²) in [5.74, 6) is 1.26. The van der Waals surface area contributed by atoms with Gasteiger partial charge in [-0.3, -0.25) is 4.90 Å². The van der Waals surface area contributed by atoms with Gasteiger partial charge in [0.1, 0.15) is 0 Å². The molecule has 1 rings (SSSR count). The van der Waals surface area contributed by atoms with Crippen molar-refractivity contribution in [2.45, 2.75) is 32.1 Å². The van der Waals surface area contributed by atoms with Crippen LogP contribution in [0.1, 0.15) is 20.8 Å². The van der Waals surface area contributed by atoms with Crippen molar-refractivity contribution in [3.8, 4) is 0 Å². The van der Waals surface area contributed by atoms with E-state index in [1.165, 1.54) is 17.9 Å². The third-order valence-electron chi connectivity index (χ3n) is 3.07. The van der Waals surface area contributed by atoms with Gasteiger partial charge in [-0.1, -0.05) is 20.4 Å². The molecule has 0 radical (unpaired) electrons. The van der Waals surface area contributed by atoms with Gasteiger partial charge >= 0.3 is 0 Å². The fraction of sp³-hybridized carbons (Fsp3) is 0.833. The first-order chi connectivity index (χ1) is 7.15. The van der Waals surface area contributed by atoms with E-state index in [1.807, 2.05) is 0 Å². The van der Waals surface area contributed by atoms with Gasteiger partial charge in [0, 0.05) is 36.7 Å². The minimum atomic E-state index is 0.683. The van der Waals surface area contributed by atoms with Crippen molar-refractivity contribution in [1.82, 2.24) is 10.2 Å². The average Bonchev–Trinajstić information content (AvgIpc) is 2.22. The third-order valence-corrected chi connectivity index (χ3v) is 4.40. The number of nitrogens with zero attached hydrogens (tertiary/aromatic N) is 1. The van der Waals surface area contributed by atoms with Crippen LogP contribution in [0.2, 0.25) is 0 Å². The number of hydrogen-bond acceptors (Lipinski definition) is 3. The minimum absolute atomic E-state index is 0.683. The Morgan fingerprint density at radius 2 is 2.27 bits per heavy atom. The van der Waals surface area contributed by atoms with Crippen LogP contribution in [-0.4, -0.2) is 48.1 Å². The number of hydrogen-bond donors (Lipinski definition) is 1. The zero-order valence-electron chi connectivity index (χ0n) is 10.3. The Labute approximate surface area is 98.5 Å². The van der Waals surface area contributed by atoms with Crippen LogP contribution in [-0.2, 0) is 0 Å². The van der Waals surface area contributed by atoms with Crippen molar-refractivity contribution in [3.63, 3.8) is 0 Å². The molecule has 1 heterocycles. The van der Waals surface area contributed by atoms with Gasteiger partial charge in [0.25, 0.3) is 0 Å². The average molecular weight is 228 g/mol. The predicted molar refractivity (Wildman–Crippen MR) is 70.6 cm³/mol. The first kappa shape index (κ1) is 13.1. The number of nitrogens with one attached hydrogen (secondary N) is 1. The molecule has 0 aromatic heterocycles. The molecule has 0 aromatic carbocycles. The molecule has 1 saturated heterocycles. The molecule has 1 aliphatic rings. The van der Waals surface area contributed by atoms with E-state index in [9.17, 15) is 0 Å². The summed E-state index contributed by atoms with van der Waals surface area (Å²) >= 11 is 2.09. The Bertz CT molecular complexity index is 206. The van der Waals surface area contributed by atoms with Crippen molar-refractivity contribution >= 4 is 11.8 Å². The summed E-state index contributed by atoms with van der Waals surface area (Å²) in [6.45, 7) is 15.2. The Morgan fingerprint density at radius 1 is 1.53 bits per heavy atom. The third kappa shape index (κ3) is 4.17. The summed E-state index contributed by atoms with van der Waals surface area (Å²) < 4.78 is 0. The molecule has 0 aromatic rings. The van der Waals surface area contributed by atoms with E-state index in [1.54, 1.807) is 0 Å². The maximum atomic E-state index is 4.13. The molecule has 3 heteroatoms. The zero-order valence-corrected chi connectivity index (χ0v) is 11.1. The summed E-state index contributed by atoms with van der Waals surface area (Å²) in [6.07, 6.45) is 0. The minimum Gasteiger partial charge on any atom is -0.313 e. The van der Waals surface area contributed by atoms with Crippen LogP contribution in [0.15, 0.2) is 12.2 Å². The molecule has 0 bridgehead atoms. The molecule has 2 unspecified atom stereocenters. The largest absolute Gasteiger partial charge is 0.313 e. The molecule has 0 spiro atoms. The van der Waals surface area contributed by atoms with Crippen LogP contribution in [0.5, 0.6) is 0 Å². The smallest absolute Gasteiger partial charge is 0.0206 e. The summed E-state index contributed by atoms with van der Waals surface area (Å²) in [4.78, 5) is 2.56. The van der Waals surface area contributed by atoms with Gasteiger partial charge in [0.15, 0.2) is 0 Å². The summed E-state index contributed by atoms with van der Waals surface area (Å²) in [5.41, 5.74) is 1.31. The zero-order chi connectivity index (χ0) is 11.3. The van der Waals surface area contributed by atoms with E-state index in [0.29, 0.717) is 6.04 Å². The van der Waals surface area contributed by atoms with Gasteiger partial charge in [-0.2, -0.15) is 11.8 Å². The van der Waals surface area contributed by atoms with Crippen LogP contribution in [0.4, 0.5) is 0 Å². The highest BCUT2D eigenvalue weighted by Crippen LogP contribution is 2.24. The Balaban J connectivity index is 2.33. The van der Waals surface area contributed by atoms with E-state index in [2.05, 4.69) is 49.3 Å². The van der Waals surface area contributed by atoms with Gasteiger partial charge in [0.2, 0.25) is 0 Å². The number of thioether (sulfide) groups is 1. The molecule has 1 fully saturated rings. The van der Waals surface area contributed by atoms with Crippen LogP contribution in [0, 0.1) is 0 Å². The second kappa shape index (κ2) is 6.56. The monoisotopic (exact) mass is 228 g/mol. The SMILES string of the molecule is C=C(CNCC)CN1CCSC(C)C1C. The molecule has 15 heavy (non-hydrogen) atoms. The Kier molecular flexibility index (Phi) is 5.72. The molecule has 0 aliphatic carbocycles. The predicted octanol–water partition coefficient (Wildman–Crippen LogP) is 1.98. The highest BCUT2D eigenvalue weighted by atomic mass is 32.2. The first-order valence-electron chi connectivity index (χ1n) is 5.88. The van der Waals surface area contributed by atoms with E-state index < -0.39 is 0 Å². The van der Waals surface area contributed by atoms with E-state index in [-0.39, 0.29) is 0 Å². The molecule has 88 valence electrons. The van der Waals surface area contributed by atoms with Crippen LogP contribution >= 0.6 is 11.8 Å². The lowest BCUT2D eigenvalue weighted by atomic mass is 10.1. The Morgan fingerprint density at radius 3 is 2.93 bits per heavy atom. The Hall–Kier alpha value is 0.0100. The van der Waals surface area contributed by atoms with Gasteiger partial charge in [-0.25, -0.2) is 0 Å². The van der Waals surface area contributed by atoms with Gasteiger partial charge in [-0.15, -0.1) is 0 Å². The molecule has 0 amide bonds. The summed E-state index contributed by atoms with van der Waals surface area (Å²) in [5, 5.41) is 4.09. The molecule has 0 saturated carbocycles. The lowest BCUT2D eigenvalue weighted by molar-refractivity contribution is 0.230. The highest BCUT2D eigenvalue weighted by molar-refractivity contribution is 8.00. The van der Waals surface area contributed by atoms with Crippen LogP contribution < -0.4 is 5.32 Å². The second-order valence-electron chi connectivity index (χ2n) is 4.32. The van der Waals surface area contributed by atoms with Crippen molar-refractivity contribution in [1.29, 1.82) is 0 Å². The summed E-state index contributed by atoms with van der Waals surface area (Å²) in [6, 6.07) is 0.683. The second-order valence-corrected chi connectivity index (χ2v) is 5.80. The summed E-state index contributed by atoms with van der Waals surface area (Å²) in [7, 11) is 0. The molecule has 2 atom stereocenters. The number of rotatable bonds is 5. The van der Waals surface area contributed by atoms with Gasteiger partial charge in [-0.05, 0) is 19.0 Å². The lowest BCUT2D eigenvalue weighted by Gasteiger charge is -2.37. The maximum absolute atomic E-state index is 4.13. The maximum Gasteiger partial charge on any atom is 0.0206 e. The van der Waals surface area contributed by atoms with E-state index >= 15 is 0 Å². The molecule has 1 aliphatic heterocycles. The highest BCUT2D eigenvalue weighted by Gasteiger charge is 2.24. The van der Waals surface area contributed by atoms with Crippen molar-refractivity contribution in [2.75, 3.05) is 31.9 Å². The fourth-order valence-electron chi connectivity index (χ4n) is 1.86. The van der Waals surface area contributed by atoms with Gasteiger partial charge < -0.3 is 5.32 Å². The quantitative estimate of drug-likeness (QED) is 0.724. The van der Waals surface area contributed by atoms with Crippen molar-refractivity contribution in [3.05, 3.63) is 12.2 Å². The lowest BCUT2D eigenvalue weighted by Crippen LogP contribution is -2.45. The molecular formula is C12H24N2S. The van der Waals surface area contributed by atoms with Crippen molar-refractivity contribution < 1.29 is 0 Å². The molecule has 1 N–H and O–H groups in total. The van der Waals surface area contributed by atoms with E-state index in [4.69, 9.17) is 0 Å². The molecular weight excluding hydrogens is 204 g/mol. The topological polar surface area (TPSA) is 15.3 Å². The fourth-order valence-corrected chi connectivity index (χ4v) is 3.03.